The molecule has 0 spiro atoms. The van der Waals surface area contributed by atoms with Gasteiger partial charge in [-0.05, 0) is 61.7 Å². The minimum atomic E-state index is -3.67. The van der Waals surface area contributed by atoms with Gasteiger partial charge in [-0.15, -0.1) is 0 Å². The van der Waals surface area contributed by atoms with Crippen molar-refractivity contribution in [2.24, 2.45) is 0 Å². The molecule has 3 rings (SSSR count). The van der Waals surface area contributed by atoms with E-state index in [2.05, 4.69) is 4.72 Å². The summed E-state index contributed by atoms with van der Waals surface area (Å²) in [5.74, 6) is 0.791. The maximum atomic E-state index is 12.6. The number of hydrogen-bond donors (Lipinski definition) is 1. The third kappa shape index (κ3) is 4.75. The van der Waals surface area contributed by atoms with Gasteiger partial charge in [0.2, 0.25) is 10.0 Å². The van der Waals surface area contributed by atoms with Gasteiger partial charge >= 0.3 is 5.63 Å². The summed E-state index contributed by atoms with van der Waals surface area (Å²) < 4.78 is 38.1. The fraction of sp³-hybridized carbons (Fsp3) is 0.250. The van der Waals surface area contributed by atoms with Crippen LogP contribution in [0.3, 0.4) is 0 Å². The average Bonchev–Trinajstić information content (AvgIpc) is 2.66. The smallest absolute Gasteiger partial charge is 0.336 e. The second-order valence-corrected chi connectivity index (χ2v) is 8.08. The van der Waals surface area contributed by atoms with Crippen molar-refractivity contribution in [3.63, 3.8) is 0 Å². The Labute approximate surface area is 157 Å². The monoisotopic (exact) mass is 387 g/mol. The SMILES string of the molecule is COc1ccc(CCC(C)NS(=O)(=O)c2ccc3oc(=O)ccc3c2)cc1. The summed E-state index contributed by atoms with van der Waals surface area (Å²) in [6.45, 7) is 1.83. The van der Waals surface area contributed by atoms with Crippen molar-refractivity contribution in [3.05, 3.63) is 70.6 Å². The van der Waals surface area contributed by atoms with Crippen molar-refractivity contribution in [1.82, 2.24) is 4.72 Å². The number of ether oxygens (including phenoxy) is 1. The first-order valence-corrected chi connectivity index (χ1v) is 10.0. The van der Waals surface area contributed by atoms with E-state index in [4.69, 9.17) is 9.15 Å². The fourth-order valence-corrected chi connectivity index (χ4v) is 4.10. The molecule has 0 amide bonds. The lowest BCUT2D eigenvalue weighted by molar-refractivity contribution is 0.414. The summed E-state index contributed by atoms with van der Waals surface area (Å²) in [5.41, 5.74) is 1.000. The molecule has 1 unspecified atom stereocenters. The first kappa shape index (κ1) is 19.1. The van der Waals surface area contributed by atoms with Gasteiger partial charge in [0.25, 0.3) is 0 Å². The van der Waals surface area contributed by atoms with Gasteiger partial charge in [0.1, 0.15) is 11.3 Å². The maximum Gasteiger partial charge on any atom is 0.336 e. The van der Waals surface area contributed by atoms with Gasteiger partial charge in [-0.2, -0.15) is 0 Å². The van der Waals surface area contributed by atoms with Crippen LogP contribution >= 0.6 is 0 Å². The van der Waals surface area contributed by atoms with E-state index in [-0.39, 0.29) is 10.9 Å². The van der Waals surface area contributed by atoms with Crippen LogP contribution in [0.25, 0.3) is 11.0 Å². The van der Waals surface area contributed by atoms with Crippen LogP contribution in [0, 0.1) is 0 Å². The predicted octanol–water partition coefficient (Wildman–Crippen LogP) is 3.10. The van der Waals surface area contributed by atoms with E-state index >= 15 is 0 Å². The fourth-order valence-electron chi connectivity index (χ4n) is 2.78. The summed E-state index contributed by atoms with van der Waals surface area (Å²) in [6, 6.07) is 14.7. The van der Waals surface area contributed by atoms with E-state index in [1.54, 1.807) is 13.2 Å². The van der Waals surface area contributed by atoms with Crippen LogP contribution in [0.2, 0.25) is 0 Å². The van der Waals surface area contributed by atoms with Crippen molar-refractivity contribution in [2.45, 2.75) is 30.7 Å². The van der Waals surface area contributed by atoms with Crippen molar-refractivity contribution < 1.29 is 17.6 Å². The summed E-state index contributed by atoms with van der Waals surface area (Å²) in [7, 11) is -2.05. The zero-order valence-electron chi connectivity index (χ0n) is 15.1. The largest absolute Gasteiger partial charge is 0.497 e. The first-order chi connectivity index (χ1) is 12.9. The Hall–Kier alpha value is -2.64. The van der Waals surface area contributed by atoms with E-state index in [1.807, 2.05) is 31.2 Å². The number of benzene rings is 2. The third-order valence-electron chi connectivity index (χ3n) is 4.28. The Morgan fingerprint density at radius 1 is 1.07 bits per heavy atom. The maximum absolute atomic E-state index is 12.6. The summed E-state index contributed by atoms with van der Waals surface area (Å²) >= 11 is 0. The minimum Gasteiger partial charge on any atom is -0.497 e. The molecule has 1 N–H and O–H groups in total. The predicted molar refractivity (Wildman–Crippen MR) is 104 cm³/mol. The number of hydrogen-bond acceptors (Lipinski definition) is 5. The Bertz CT molecular complexity index is 1090. The first-order valence-electron chi connectivity index (χ1n) is 8.56. The van der Waals surface area contributed by atoms with E-state index in [0.29, 0.717) is 17.4 Å². The van der Waals surface area contributed by atoms with Gasteiger partial charge in [0.05, 0.1) is 12.0 Å². The number of fused-ring (bicyclic) bond motifs is 1. The number of methoxy groups -OCH3 is 1. The lowest BCUT2D eigenvalue weighted by Crippen LogP contribution is -2.32. The molecule has 0 aliphatic heterocycles. The molecule has 7 heteroatoms. The molecule has 1 heterocycles. The lowest BCUT2D eigenvalue weighted by atomic mass is 10.1. The molecule has 1 atom stereocenters. The second kappa shape index (κ2) is 7.94. The normalized spacial score (nSPS) is 12.8. The molecule has 1 aromatic heterocycles. The van der Waals surface area contributed by atoms with Gasteiger partial charge in [-0.25, -0.2) is 17.9 Å². The van der Waals surface area contributed by atoms with Crippen LogP contribution in [0.4, 0.5) is 0 Å². The molecular weight excluding hydrogens is 366 g/mol. The third-order valence-corrected chi connectivity index (χ3v) is 5.87. The highest BCUT2D eigenvalue weighted by molar-refractivity contribution is 7.89. The Kier molecular flexibility index (Phi) is 5.62. The van der Waals surface area contributed by atoms with Crippen LogP contribution in [0.1, 0.15) is 18.9 Å². The molecule has 0 fully saturated rings. The number of aryl methyl sites for hydroxylation is 1. The van der Waals surface area contributed by atoms with Gasteiger partial charge in [0.15, 0.2) is 0 Å². The van der Waals surface area contributed by atoms with Gasteiger partial charge in [0, 0.05) is 17.5 Å². The lowest BCUT2D eigenvalue weighted by Gasteiger charge is -2.14. The molecule has 0 aliphatic rings. The molecule has 0 aliphatic carbocycles. The van der Waals surface area contributed by atoms with E-state index in [0.717, 1.165) is 17.7 Å². The molecule has 0 saturated heterocycles. The molecule has 2 aromatic carbocycles. The molecule has 6 nitrogen and oxygen atoms in total. The average molecular weight is 387 g/mol. The molecule has 142 valence electrons. The van der Waals surface area contributed by atoms with Crippen LogP contribution in [-0.4, -0.2) is 21.6 Å². The van der Waals surface area contributed by atoms with Crippen LogP contribution in [0.5, 0.6) is 5.75 Å². The zero-order chi connectivity index (χ0) is 19.4. The van der Waals surface area contributed by atoms with E-state index < -0.39 is 15.6 Å². The molecule has 27 heavy (non-hydrogen) atoms. The van der Waals surface area contributed by atoms with Crippen LogP contribution in [-0.2, 0) is 16.4 Å². The Morgan fingerprint density at radius 2 is 1.81 bits per heavy atom. The molecule has 0 bridgehead atoms. The van der Waals surface area contributed by atoms with Crippen molar-refractivity contribution >= 4 is 21.0 Å². The molecule has 0 radical (unpaired) electrons. The number of sulfonamides is 1. The number of rotatable bonds is 7. The van der Waals surface area contributed by atoms with Crippen LogP contribution < -0.4 is 15.1 Å². The number of nitrogens with one attached hydrogen (secondary N) is 1. The highest BCUT2D eigenvalue weighted by atomic mass is 32.2. The quantitative estimate of drug-likeness (QED) is 0.630. The van der Waals surface area contributed by atoms with E-state index in [9.17, 15) is 13.2 Å². The van der Waals surface area contributed by atoms with Crippen molar-refractivity contribution in [3.8, 4) is 5.75 Å². The highest BCUT2D eigenvalue weighted by Gasteiger charge is 2.18. The second-order valence-electron chi connectivity index (χ2n) is 6.36. The minimum absolute atomic E-state index is 0.139. The van der Waals surface area contributed by atoms with Crippen molar-refractivity contribution in [1.29, 1.82) is 0 Å². The molecule has 3 aromatic rings. The summed E-state index contributed by atoms with van der Waals surface area (Å²) in [5, 5.41) is 0.559. The van der Waals surface area contributed by atoms with E-state index in [1.165, 1.54) is 24.3 Å². The summed E-state index contributed by atoms with van der Waals surface area (Å²) in [6.07, 6.45) is 1.41. The topological polar surface area (TPSA) is 85.6 Å². The van der Waals surface area contributed by atoms with Gasteiger partial charge in [-0.3, -0.25) is 0 Å². The standard InChI is InChI=1S/C20H21NO5S/c1-14(3-4-15-5-8-17(25-2)9-6-15)21-27(23,24)18-10-11-19-16(13-18)7-12-20(22)26-19/h5-14,21H,3-4H2,1-2H3. The van der Waals surface area contributed by atoms with Gasteiger partial charge < -0.3 is 9.15 Å². The zero-order valence-corrected chi connectivity index (χ0v) is 16.0. The molecular formula is C20H21NO5S. The highest BCUT2D eigenvalue weighted by Crippen LogP contribution is 2.19. The van der Waals surface area contributed by atoms with Crippen LogP contribution in [0.15, 0.2) is 68.7 Å². The Balaban J connectivity index is 1.67. The summed E-state index contributed by atoms with van der Waals surface area (Å²) in [4.78, 5) is 11.4. The Morgan fingerprint density at radius 3 is 2.52 bits per heavy atom. The van der Waals surface area contributed by atoms with Crippen molar-refractivity contribution in [2.75, 3.05) is 7.11 Å². The van der Waals surface area contributed by atoms with Gasteiger partial charge in [-0.1, -0.05) is 12.1 Å². The molecule has 0 saturated carbocycles.